The van der Waals surface area contributed by atoms with Crippen molar-refractivity contribution in [2.24, 2.45) is 44.8 Å². The van der Waals surface area contributed by atoms with Crippen LogP contribution < -0.4 is 4.74 Å². The van der Waals surface area contributed by atoms with Gasteiger partial charge in [-0.05, 0) is 155 Å². The van der Waals surface area contributed by atoms with Gasteiger partial charge in [-0.3, -0.25) is 18.9 Å². The van der Waals surface area contributed by atoms with Gasteiger partial charge in [-0.25, -0.2) is 22.0 Å². The molecule has 0 radical (unpaired) electrons. The van der Waals surface area contributed by atoms with Crippen LogP contribution in [0.15, 0.2) is 48.5 Å². The Morgan fingerprint density at radius 2 is 0.960 bits per heavy atom. The molecule has 4 aliphatic rings. The molecule has 6 nitrogen and oxygen atoms in total. The monoisotopic (exact) mass is 1070 g/mol. The average Bonchev–Trinajstić information content (AvgIpc) is 3.55. The Morgan fingerprint density at radius 1 is 0.587 bits per heavy atom. The van der Waals surface area contributed by atoms with Gasteiger partial charge in [0.2, 0.25) is 6.43 Å². The summed E-state index contributed by atoms with van der Waals surface area (Å²) in [5, 5.41) is 0. The third kappa shape index (κ3) is 38.2. The van der Waals surface area contributed by atoms with E-state index in [-0.39, 0.29) is 17.2 Å². The lowest BCUT2D eigenvalue weighted by Gasteiger charge is -2.44. The zero-order valence-electron chi connectivity index (χ0n) is 51.9. The van der Waals surface area contributed by atoms with Crippen LogP contribution in [0.2, 0.25) is 0 Å². The van der Waals surface area contributed by atoms with Crippen molar-refractivity contribution in [1.29, 1.82) is 0 Å². The minimum absolute atomic E-state index is 0.120. The lowest BCUT2D eigenvalue weighted by atomic mass is 9.72. The lowest BCUT2D eigenvalue weighted by Crippen LogP contribution is -2.49. The van der Waals surface area contributed by atoms with Crippen molar-refractivity contribution in [2.75, 3.05) is 67.3 Å². The van der Waals surface area contributed by atoms with Crippen LogP contribution in [-0.4, -0.2) is 107 Å². The highest BCUT2D eigenvalue weighted by atomic mass is 19.3. The molecular weight excluding hydrogens is 961 g/mol. The maximum Gasteiger partial charge on any atom is 0.266 e. The van der Waals surface area contributed by atoms with Crippen LogP contribution in [0, 0.1) is 51.8 Å². The molecule has 75 heavy (non-hydrogen) atoms. The number of nitrogens with zero attached hydrogens (tertiary/aromatic N) is 3. The molecule has 12 heteroatoms. The third-order valence-corrected chi connectivity index (χ3v) is 13.5. The van der Waals surface area contributed by atoms with Gasteiger partial charge in [-0.2, -0.15) is 0 Å². The van der Waals surface area contributed by atoms with Crippen LogP contribution in [0.3, 0.4) is 0 Å². The number of benzene rings is 2. The topological polar surface area (TPSA) is 53.1 Å². The van der Waals surface area contributed by atoms with E-state index >= 15 is 0 Å². The zero-order valence-corrected chi connectivity index (χ0v) is 51.9. The number of ether oxygens (including phenoxy) is 1. The fourth-order valence-electron chi connectivity index (χ4n) is 8.41. The molecule has 0 spiro atoms. The number of carbonyl (C=O) groups is 2. The summed E-state index contributed by atoms with van der Waals surface area (Å²) < 4.78 is 67.0. The molecule has 1 saturated carbocycles. The summed E-state index contributed by atoms with van der Waals surface area (Å²) in [5.74, 6) is 3.54. The molecule has 0 unspecified atom stereocenters. The number of aryl methyl sites for hydroxylation is 1. The molecule has 1 aliphatic carbocycles. The van der Waals surface area contributed by atoms with Gasteiger partial charge in [0.25, 0.3) is 18.2 Å². The minimum Gasteiger partial charge on any atom is -0.494 e. The second-order valence-corrected chi connectivity index (χ2v) is 25.9. The van der Waals surface area contributed by atoms with Crippen molar-refractivity contribution in [2.45, 2.75) is 209 Å². The van der Waals surface area contributed by atoms with Gasteiger partial charge in [0.05, 0.1) is 24.9 Å². The first-order chi connectivity index (χ1) is 34.5. The number of carbonyl (C=O) groups excluding carboxylic acids is 2. The van der Waals surface area contributed by atoms with Crippen LogP contribution >= 0.6 is 0 Å². The number of hydrogen-bond donors (Lipinski definition) is 0. The van der Waals surface area contributed by atoms with E-state index in [1.165, 1.54) is 88.0 Å². The van der Waals surface area contributed by atoms with Crippen LogP contribution in [0.1, 0.15) is 215 Å². The fourth-order valence-corrected chi connectivity index (χ4v) is 8.41. The van der Waals surface area contributed by atoms with E-state index in [2.05, 4.69) is 147 Å². The van der Waals surface area contributed by atoms with Gasteiger partial charge in [-0.15, -0.1) is 0 Å². The standard InChI is InChI=1S/C14H17NO2.C14H22O.C10H21N.C10H20.C8H17N.C2H3F3.C2H4F2.C2H6.CH3F/c1-14(2,3)8-9-15-12(16)10-6-4-5-7-11(10)13(15)17;1-12-6-8-13(9-7-12)15-11-5-10-14(2,3)4;1-10(2,3)9-5-7-11(4)8-6-9;1-10(2,3)9-7-5-4-6-8-9;1-8(2,3)7-5-9(4)6-7;3-1-2(4)5;1-2(3)4;2*1-2/h4-7H,8-9H2,1-3H3;6-9H,5,10-11H2,1-4H3;9H,5-8H2,1-4H3;9H,4-8H2,1-3H3;7H,5-6H2,1-4H3;2H,1H2;2H,1H3;1-2H3;1H3. The number of halogens is 6. The Kier molecular flexibility index (Phi) is 39.0. The Balaban J connectivity index is -0.000000827. The number of fused-ring (bicyclic) bond motifs is 1. The van der Waals surface area contributed by atoms with Gasteiger partial charge in [0.15, 0.2) is 6.67 Å². The second kappa shape index (κ2) is 38.4. The molecule has 0 atom stereocenters. The molecule has 6 rings (SSSR count). The van der Waals surface area contributed by atoms with E-state index in [4.69, 9.17) is 4.74 Å². The van der Waals surface area contributed by atoms with Crippen molar-refractivity contribution in [3.05, 3.63) is 65.2 Å². The number of piperidine rings is 1. The predicted molar refractivity (Wildman–Crippen MR) is 309 cm³/mol. The number of rotatable bonds is 7. The normalized spacial score (nSPS) is 16.5. The number of hydrogen-bond acceptors (Lipinski definition) is 5. The van der Waals surface area contributed by atoms with Crippen molar-refractivity contribution in [3.8, 4) is 5.75 Å². The first kappa shape index (κ1) is 76.1. The number of likely N-dealkylation sites (tertiary alicyclic amines) is 2. The molecular formula is C63H113F6N3O3. The molecule has 0 bridgehead atoms. The van der Waals surface area contributed by atoms with E-state index in [0.717, 1.165) is 49.9 Å². The van der Waals surface area contributed by atoms with Crippen molar-refractivity contribution < 1.29 is 40.7 Å². The number of amides is 2. The van der Waals surface area contributed by atoms with E-state index in [0.29, 0.717) is 46.5 Å². The Hall–Kier alpha value is -3.12. The minimum atomic E-state index is -2.78. The average molecular weight is 1070 g/mol. The summed E-state index contributed by atoms with van der Waals surface area (Å²) in [6.07, 6.45) is 8.35. The molecule has 0 N–H and O–H groups in total. The fraction of sp³-hybridized carbons (Fsp3) is 0.778. The summed E-state index contributed by atoms with van der Waals surface area (Å²) in [5.41, 5.74) is 4.51. The van der Waals surface area contributed by atoms with Gasteiger partial charge in [-0.1, -0.05) is 167 Å². The van der Waals surface area contributed by atoms with Gasteiger partial charge in [0, 0.05) is 19.6 Å². The maximum atomic E-state index is 12.0. The molecule has 2 aromatic carbocycles. The summed E-state index contributed by atoms with van der Waals surface area (Å²) in [6, 6.07) is 15.2. The Labute approximate surface area is 457 Å². The van der Waals surface area contributed by atoms with Crippen LogP contribution in [0.25, 0.3) is 0 Å². The molecule has 3 fully saturated rings. The van der Waals surface area contributed by atoms with Gasteiger partial charge < -0.3 is 14.5 Å². The summed E-state index contributed by atoms with van der Waals surface area (Å²) in [6.45, 7) is 46.2. The first-order valence-corrected chi connectivity index (χ1v) is 28.0. The smallest absolute Gasteiger partial charge is 0.266 e. The van der Waals surface area contributed by atoms with Crippen molar-refractivity contribution in [1.82, 2.24) is 14.7 Å². The van der Waals surface area contributed by atoms with Crippen LogP contribution in [-0.2, 0) is 0 Å². The quantitative estimate of drug-likeness (QED) is 0.157. The summed E-state index contributed by atoms with van der Waals surface area (Å²) in [4.78, 5) is 30.2. The van der Waals surface area contributed by atoms with Crippen molar-refractivity contribution in [3.63, 3.8) is 0 Å². The van der Waals surface area contributed by atoms with Gasteiger partial charge in [0.1, 0.15) is 5.75 Å². The van der Waals surface area contributed by atoms with E-state index < -0.39 is 19.5 Å². The maximum absolute atomic E-state index is 12.0. The van der Waals surface area contributed by atoms with E-state index in [1.54, 1.807) is 24.3 Å². The summed E-state index contributed by atoms with van der Waals surface area (Å²) in [7, 11) is 4.90. The third-order valence-electron chi connectivity index (χ3n) is 13.5. The van der Waals surface area contributed by atoms with E-state index in [9.17, 15) is 35.9 Å². The highest BCUT2D eigenvalue weighted by Crippen LogP contribution is 2.38. The molecule has 2 saturated heterocycles. The molecule has 2 aromatic rings. The molecule has 2 amide bonds. The second-order valence-electron chi connectivity index (χ2n) is 25.9. The number of alkyl halides is 6. The van der Waals surface area contributed by atoms with E-state index in [1.807, 2.05) is 26.0 Å². The van der Waals surface area contributed by atoms with Crippen molar-refractivity contribution >= 4 is 11.8 Å². The van der Waals surface area contributed by atoms with Crippen LogP contribution in [0.5, 0.6) is 5.75 Å². The lowest BCUT2D eigenvalue weighted by molar-refractivity contribution is 0.0459. The highest BCUT2D eigenvalue weighted by molar-refractivity contribution is 6.21. The number of imide groups is 1. The zero-order chi connectivity index (χ0) is 59.0. The molecule has 3 heterocycles. The largest absolute Gasteiger partial charge is 0.494 e. The van der Waals surface area contributed by atoms with Gasteiger partial charge >= 0.3 is 0 Å². The predicted octanol–water partition coefficient (Wildman–Crippen LogP) is 18.6. The molecule has 3 aliphatic heterocycles. The Bertz CT molecular complexity index is 1680. The van der Waals surface area contributed by atoms with Crippen LogP contribution in [0.4, 0.5) is 26.3 Å². The molecule has 440 valence electrons. The SMILES string of the molecule is CC.CC(C)(C)C1CCCCC1.CC(C)(C)CCN1C(=O)c2ccccc2C1=O.CC(F)F.CF.CN1CC(C(C)(C)C)C1.CN1CCC(C(C)(C)C)CC1.Cc1ccc(OCCCC(C)(C)C)cc1.FCC(F)F. The highest BCUT2D eigenvalue weighted by Gasteiger charge is 2.36. The molecule has 0 aromatic heterocycles. The summed E-state index contributed by atoms with van der Waals surface area (Å²) >= 11 is 0. The Morgan fingerprint density at radius 3 is 1.27 bits per heavy atom. The first-order valence-electron chi connectivity index (χ1n) is 28.0.